The molecule has 2 fully saturated rings. The summed E-state index contributed by atoms with van der Waals surface area (Å²) in [6, 6.07) is 31.9. The first-order chi connectivity index (χ1) is 45.3. The van der Waals surface area contributed by atoms with E-state index in [2.05, 4.69) is 141 Å². The van der Waals surface area contributed by atoms with Gasteiger partial charge >= 0.3 is 0 Å². The number of piperidine rings is 1. The van der Waals surface area contributed by atoms with E-state index in [4.69, 9.17) is 4.42 Å². The number of hydrogen-bond acceptors (Lipinski definition) is 10. The first-order valence-electron chi connectivity index (χ1n) is 35.8. The van der Waals surface area contributed by atoms with E-state index < -0.39 is 0 Å². The summed E-state index contributed by atoms with van der Waals surface area (Å²) in [7, 11) is 0. The molecule has 1 aliphatic heterocycles. The third kappa shape index (κ3) is 105. The van der Waals surface area contributed by atoms with Gasteiger partial charge in [-0.3, -0.25) is 9.97 Å². The molecule has 1 saturated heterocycles. The Hall–Kier alpha value is -5.94. The fraction of sp³-hybridized carbons (Fsp3) is 0.542. The van der Waals surface area contributed by atoms with Crippen LogP contribution < -0.4 is 5.32 Å². The Morgan fingerprint density at radius 1 is 0.452 bits per heavy atom. The zero-order valence-corrected chi connectivity index (χ0v) is 68.4. The Labute approximate surface area is 587 Å². The topological polar surface area (TPSA) is 103 Å². The van der Waals surface area contributed by atoms with Crippen LogP contribution in [0.5, 0.6) is 0 Å². The van der Waals surface area contributed by atoms with E-state index >= 15 is 0 Å². The molecule has 11 rings (SSSR count). The molecule has 0 unspecified atom stereocenters. The predicted octanol–water partition coefficient (Wildman–Crippen LogP) is 29.2. The number of benzene rings is 1. The van der Waals surface area contributed by atoms with Gasteiger partial charge in [0.15, 0.2) is 0 Å². The van der Waals surface area contributed by atoms with Crippen LogP contribution in [0, 0.1) is 67.2 Å². The Morgan fingerprint density at radius 2 is 1.00 bits per heavy atom. The Balaban J connectivity index is -0.0000000858. The Morgan fingerprint density at radius 3 is 1.17 bits per heavy atom. The van der Waals surface area contributed by atoms with Crippen LogP contribution in [0.1, 0.15) is 269 Å². The van der Waals surface area contributed by atoms with Gasteiger partial charge in [0.05, 0.1) is 18.7 Å². The minimum Gasteiger partial charge on any atom is -0.470 e. The molecule has 0 atom stereocenters. The SMILES string of the molecule is CC.CC.CC.CC.CC.CC.CC.CC.CC.CC.CC.CC1=CC=CC1.CC1CCCCC1.CC1CCNCC1.Cc1ccccc1.Cc1ccccn1.Cc1cccnc1.Cc1ccco1.Cc1cccs1.Cc1ccno1.Cc1ccsc1.Cc1cnoc1. The monoisotopic (exact) mass is 1330 g/mol. The predicted molar refractivity (Wildman–Crippen MR) is 429 cm³/mol. The first kappa shape index (κ1) is 111. The van der Waals surface area contributed by atoms with Crippen molar-refractivity contribution < 1.29 is 13.5 Å². The molecule has 538 valence electrons. The van der Waals surface area contributed by atoms with E-state index in [9.17, 15) is 0 Å². The smallest absolute Gasteiger partial charge is 0.133 e. The van der Waals surface area contributed by atoms with Crippen molar-refractivity contribution in [1.82, 2.24) is 25.6 Å². The summed E-state index contributed by atoms with van der Waals surface area (Å²) < 4.78 is 13.9. The van der Waals surface area contributed by atoms with Gasteiger partial charge in [-0.1, -0.05) is 286 Å². The molecule has 93 heavy (non-hydrogen) atoms. The summed E-state index contributed by atoms with van der Waals surface area (Å²) in [6.07, 6.45) is 29.7. The highest BCUT2D eigenvalue weighted by Crippen LogP contribution is 2.22. The van der Waals surface area contributed by atoms with Gasteiger partial charge in [-0.2, -0.15) is 11.3 Å². The van der Waals surface area contributed by atoms with E-state index in [0.29, 0.717) is 0 Å². The lowest BCUT2D eigenvalue weighted by molar-refractivity contribution is 0.385. The molecule has 1 saturated carbocycles. The zero-order valence-electron chi connectivity index (χ0n) is 66.8. The number of rotatable bonds is 0. The number of thiophene rings is 2. The third-order valence-electron chi connectivity index (χ3n) is 10.2. The summed E-state index contributed by atoms with van der Waals surface area (Å²) in [6.45, 7) is 69.3. The van der Waals surface area contributed by atoms with Crippen molar-refractivity contribution in [1.29, 1.82) is 0 Å². The van der Waals surface area contributed by atoms with Crippen LogP contribution in [0.3, 0.4) is 0 Å². The average molecular weight is 1330 g/mol. The second kappa shape index (κ2) is 108. The quantitative estimate of drug-likeness (QED) is 0.160. The van der Waals surface area contributed by atoms with E-state index in [0.717, 1.165) is 34.6 Å². The normalized spacial score (nSPS) is 10.5. The van der Waals surface area contributed by atoms with E-state index in [1.165, 1.54) is 91.6 Å². The van der Waals surface area contributed by atoms with Crippen molar-refractivity contribution in [2.75, 3.05) is 13.1 Å². The summed E-state index contributed by atoms with van der Waals surface area (Å²) in [5, 5.41) is 16.5. The number of aryl methyl sites for hydroxylation is 8. The highest BCUT2D eigenvalue weighted by Gasteiger charge is 2.06. The molecule has 1 N–H and O–H groups in total. The molecule has 1 aromatic carbocycles. The summed E-state index contributed by atoms with van der Waals surface area (Å²) in [5.74, 6) is 3.83. The van der Waals surface area contributed by atoms with Crippen LogP contribution in [0.4, 0.5) is 0 Å². The van der Waals surface area contributed by atoms with Crippen LogP contribution in [0.15, 0.2) is 194 Å². The largest absolute Gasteiger partial charge is 0.470 e. The fourth-order valence-corrected chi connectivity index (χ4v) is 7.04. The number of aromatic nitrogens is 4. The maximum Gasteiger partial charge on any atom is 0.133 e. The lowest BCUT2D eigenvalue weighted by atomic mass is 9.91. The lowest BCUT2D eigenvalue weighted by Crippen LogP contribution is -2.26. The number of hydrogen-bond donors (Lipinski definition) is 1. The van der Waals surface area contributed by atoms with Crippen molar-refractivity contribution in [2.24, 2.45) is 11.8 Å². The zero-order chi connectivity index (χ0) is 74.0. The van der Waals surface area contributed by atoms with Crippen LogP contribution in [0.2, 0.25) is 0 Å². The number of allylic oxidation sites excluding steroid dienone is 4. The highest BCUT2D eigenvalue weighted by molar-refractivity contribution is 7.09. The molecule has 0 amide bonds. The average Bonchev–Trinajstić information content (AvgIpc) is 4.68. The molecule has 8 heterocycles. The maximum absolute atomic E-state index is 4.83. The second-order valence-corrected chi connectivity index (χ2v) is 19.5. The molecule has 0 bridgehead atoms. The number of furan rings is 1. The first-order valence-corrected chi connectivity index (χ1v) is 37.7. The van der Waals surface area contributed by atoms with Crippen LogP contribution >= 0.6 is 22.7 Å². The number of nitrogens with zero attached hydrogens (tertiary/aromatic N) is 4. The minimum atomic E-state index is 0.856. The van der Waals surface area contributed by atoms with Crippen molar-refractivity contribution >= 4 is 22.7 Å². The van der Waals surface area contributed by atoms with Crippen molar-refractivity contribution in [2.45, 2.75) is 280 Å². The fourth-order valence-electron chi connectivity index (χ4n) is 5.85. The van der Waals surface area contributed by atoms with Gasteiger partial charge in [0, 0.05) is 40.8 Å². The Bertz CT molecular complexity index is 2000. The third-order valence-corrected chi connectivity index (χ3v) is 11.8. The van der Waals surface area contributed by atoms with Crippen LogP contribution in [-0.2, 0) is 0 Å². The van der Waals surface area contributed by atoms with Gasteiger partial charge in [0.25, 0.3) is 0 Å². The van der Waals surface area contributed by atoms with Gasteiger partial charge in [-0.15, -0.1) is 11.3 Å². The summed E-state index contributed by atoms with van der Waals surface area (Å²) >= 11 is 3.52. The molecule has 8 aromatic rings. The Kier molecular flexibility index (Phi) is 129. The molecule has 0 radical (unpaired) electrons. The van der Waals surface area contributed by atoms with Crippen molar-refractivity contribution in [3.05, 3.63) is 225 Å². The standard InChI is InChI=1S/C7H14.C7H8.C6H13N.2C6H7N.C6H8.C5H6O.2C5H6S.2C4H5NO.11C2H6/c2*1-7-5-3-2-4-6-7;1-6-2-4-7-5-3-6;1-6-3-2-4-7-5-6;1-6-4-2-3-5-7-6;1-6-4-2-3-5-6;1-5-3-2-4-6-5;1-5-2-3-6-4-5;1-5-3-2-4-6-5;1-4-2-5-6-3-4;1-4-2-3-5-6-4;11*1-2/h7H,2-6H2,1H3;2-6H,1H3;6-7H,2-5H2,1H3;2*2-5H,1H3;2-4H,5H2,1H3;3*2-4H,1H3;2*2-3H,1H3;11*1-2H3. The molecule has 8 nitrogen and oxygen atoms in total. The van der Waals surface area contributed by atoms with Crippen LogP contribution in [0.25, 0.3) is 0 Å². The molecule has 7 aromatic heterocycles. The van der Waals surface area contributed by atoms with Gasteiger partial charge in [0.2, 0.25) is 0 Å². The van der Waals surface area contributed by atoms with Crippen LogP contribution in [-0.4, -0.2) is 33.4 Å². The molecule has 3 aliphatic rings. The highest BCUT2D eigenvalue weighted by atomic mass is 32.1. The molecule has 2 aliphatic carbocycles. The van der Waals surface area contributed by atoms with E-state index in [1.54, 1.807) is 66.1 Å². The van der Waals surface area contributed by atoms with E-state index in [1.807, 2.05) is 254 Å². The summed E-state index contributed by atoms with van der Waals surface area (Å²) in [5.41, 5.74) is 7.50. The second-order valence-electron chi connectivity index (χ2n) is 17.6. The van der Waals surface area contributed by atoms with Crippen molar-refractivity contribution in [3.8, 4) is 0 Å². The summed E-state index contributed by atoms with van der Waals surface area (Å²) in [4.78, 5) is 9.25. The number of pyridine rings is 2. The van der Waals surface area contributed by atoms with Gasteiger partial charge in [-0.05, 0) is 176 Å². The van der Waals surface area contributed by atoms with Gasteiger partial charge in [0.1, 0.15) is 17.8 Å². The van der Waals surface area contributed by atoms with Gasteiger partial charge in [-0.25, -0.2) is 0 Å². The van der Waals surface area contributed by atoms with E-state index in [-0.39, 0.29) is 0 Å². The van der Waals surface area contributed by atoms with Gasteiger partial charge < -0.3 is 18.8 Å². The maximum atomic E-state index is 4.83. The number of nitrogens with one attached hydrogen (secondary N) is 1. The molecular formula is C83H151N5O3S2. The lowest BCUT2D eigenvalue weighted by Gasteiger charge is -2.17. The molecule has 0 spiro atoms. The molecule has 10 heteroatoms. The van der Waals surface area contributed by atoms with Crippen molar-refractivity contribution in [3.63, 3.8) is 0 Å². The minimum absolute atomic E-state index is 0.856. The molecular weight excluding hydrogens is 1180 g/mol.